The molecule has 0 aliphatic heterocycles. The van der Waals surface area contributed by atoms with Crippen LogP contribution in [0.25, 0.3) is 10.9 Å². The second-order valence-corrected chi connectivity index (χ2v) is 6.69. The maximum atomic E-state index is 12.5. The predicted octanol–water partition coefficient (Wildman–Crippen LogP) is 2.31. The lowest BCUT2D eigenvalue weighted by Crippen LogP contribution is -2.32. The van der Waals surface area contributed by atoms with Gasteiger partial charge in [-0.05, 0) is 25.0 Å². The first-order chi connectivity index (χ1) is 12.0. The molecule has 0 radical (unpaired) electrons. The van der Waals surface area contributed by atoms with Crippen molar-refractivity contribution in [1.82, 2.24) is 15.6 Å². The summed E-state index contributed by atoms with van der Waals surface area (Å²) in [6.45, 7) is 4.78. The van der Waals surface area contributed by atoms with Crippen LogP contribution in [0.3, 0.4) is 0 Å². The second-order valence-electron chi connectivity index (χ2n) is 6.69. The quantitative estimate of drug-likeness (QED) is 0.676. The first-order valence-corrected chi connectivity index (χ1v) is 8.77. The first kappa shape index (κ1) is 17.2. The van der Waals surface area contributed by atoms with Crippen molar-refractivity contribution in [1.29, 1.82) is 0 Å². The molecule has 1 aromatic carbocycles. The highest BCUT2D eigenvalue weighted by Gasteiger charge is 2.25. The van der Waals surface area contributed by atoms with E-state index in [-0.39, 0.29) is 17.7 Å². The van der Waals surface area contributed by atoms with Crippen molar-refractivity contribution in [2.45, 2.75) is 32.7 Å². The molecule has 2 aromatic rings. The van der Waals surface area contributed by atoms with E-state index in [4.69, 9.17) is 0 Å². The number of anilines is 1. The number of amides is 2. The summed E-state index contributed by atoms with van der Waals surface area (Å²) >= 11 is 0. The molecule has 132 valence electrons. The molecule has 1 heterocycles. The van der Waals surface area contributed by atoms with Crippen LogP contribution in [-0.2, 0) is 4.79 Å². The van der Waals surface area contributed by atoms with Crippen molar-refractivity contribution in [2.24, 2.45) is 5.92 Å². The van der Waals surface area contributed by atoms with Crippen molar-refractivity contribution >= 4 is 28.5 Å². The van der Waals surface area contributed by atoms with Crippen LogP contribution >= 0.6 is 0 Å². The number of hydrogen-bond acceptors (Lipinski definition) is 4. The highest BCUT2D eigenvalue weighted by atomic mass is 16.2. The predicted molar refractivity (Wildman–Crippen MR) is 98.6 cm³/mol. The number of benzene rings is 1. The molecule has 0 spiro atoms. The third-order valence-corrected chi connectivity index (χ3v) is 4.13. The molecule has 1 aliphatic carbocycles. The normalized spacial score (nSPS) is 13.7. The van der Waals surface area contributed by atoms with Gasteiger partial charge in [0, 0.05) is 30.4 Å². The largest absolute Gasteiger partial charge is 0.368 e. The molecule has 3 N–H and O–H groups in total. The molecule has 0 bridgehead atoms. The van der Waals surface area contributed by atoms with Gasteiger partial charge in [-0.15, -0.1) is 0 Å². The molecule has 6 nitrogen and oxygen atoms in total. The van der Waals surface area contributed by atoms with Gasteiger partial charge < -0.3 is 16.0 Å². The van der Waals surface area contributed by atoms with Crippen molar-refractivity contribution in [3.8, 4) is 0 Å². The van der Waals surface area contributed by atoms with Gasteiger partial charge in [0.2, 0.25) is 5.91 Å². The van der Waals surface area contributed by atoms with Crippen molar-refractivity contribution in [3.05, 3.63) is 35.9 Å². The summed E-state index contributed by atoms with van der Waals surface area (Å²) in [6.07, 6.45) is 2.10. The smallest absolute Gasteiger partial charge is 0.252 e. The minimum atomic E-state index is -0.0581. The zero-order chi connectivity index (χ0) is 17.8. The Hall–Kier alpha value is -2.63. The number of carbonyl (C=O) groups is 2. The van der Waals surface area contributed by atoms with E-state index in [1.54, 1.807) is 6.07 Å². The summed E-state index contributed by atoms with van der Waals surface area (Å²) < 4.78 is 0. The lowest BCUT2D eigenvalue weighted by Gasteiger charge is -2.12. The first-order valence-electron chi connectivity index (χ1n) is 8.77. The zero-order valence-corrected chi connectivity index (χ0v) is 14.6. The molecule has 0 unspecified atom stereocenters. The van der Waals surface area contributed by atoms with E-state index in [9.17, 15) is 9.59 Å². The topological polar surface area (TPSA) is 83.1 Å². The third-order valence-electron chi connectivity index (χ3n) is 4.13. The molecule has 2 amide bonds. The van der Waals surface area contributed by atoms with Gasteiger partial charge in [0.15, 0.2) is 0 Å². The number of fused-ring (bicyclic) bond motifs is 1. The molecule has 3 rings (SSSR count). The summed E-state index contributed by atoms with van der Waals surface area (Å²) in [7, 11) is 0. The van der Waals surface area contributed by atoms with E-state index in [1.807, 2.05) is 38.1 Å². The van der Waals surface area contributed by atoms with Crippen molar-refractivity contribution in [3.63, 3.8) is 0 Å². The minimum absolute atomic E-state index is 0.0257. The number of nitrogens with zero attached hydrogens (tertiary/aromatic N) is 1. The van der Waals surface area contributed by atoms with Gasteiger partial charge in [0.25, 0.3) is 5.91 Å². The summed E-state index contributed by atoms with van der Waals surface area (Å²) in [5, 5.41) is 9.92. The monoisotopic (exact) mass is 340 g/mol. The second kappa shape index (κ2) is 7.51. The standard InChI is InChI=1S/C19H24N4O2/c1-12(2)18(24)21-10-9-20-17-11-15(19(25)22-13-7-8-13)14-5-3-4-6-16(14)23-17/h3-6,11-13H,7-10H2,1-2H3,(H,20,23)(H,21,24)(H,22,25). The van der Waals surface area contributed by atoms with Crippen LogP contribution in [0.4, 0.5) is 5.82 Å². The molecule has 1 aliphatic rings. The molecule has 1 fully saturated rings. The summed E-state index contributed by atoms with van der Waals surface area (Å²) in [6, 6.07) is 9.72. The molecule has 0 atom stereocenters. The molecule has 1 saturated carbocycles. The van der Waals surface area contributed by atoms with Crippen molar-refractivity contribution in [2.75, 3.05) is 18.4 Å². The summed E-state index contributed by atoms with van der Waals surface area (Å²) in [4.78, 5) is 28.7. The van der Waals surface area contributed by atoms with Crippen LogP contribution in [0, 0.1) is 5.92 Å². The molecule has 0 saturated heterocycles. The Kier molecular flexibility index (Phi) is 5.16. The van der Waals surface area contributed by atoms with Gasteiger partial charge in [-0.3, -0.25) is 9.59 Å². The minimum Gasteiger partial charge on any atom is -0.368 e. The van der Waals surface area contributed by atoms with Crippen LogP contribution in [0.15, 0.2) is 30.3 Å². The fourth-order valence-electron chi connectivity index (χ4n) is 2.53. The number of carbonyl (C=O) groups excluding carboxylic acids is 2. The molecule has 25 heavy (non-hydrogen) atoms. The maximum absolute atomic E-state index is 12.5. The van der Waals surface area contributed by atoms with E-state index < -0.39 is 0 Å². The van der Waals surface area contributed by atoms with Gasteiger partial charge in [-0.25, -0.2) is 4.98 Å². The number of nitrogens with one attached hydrogen (secondary N) is 3. The van der Waals surface area contributed by atoms with Gasteiger partial charge >= 0.3 is 0 Å². The third kappa shape index (κ3) is 4.47. The molecular formula is C19H24N4O2. The van der Waals surface area contributed by atoms with E-state index in [0.717, 1.165) is 23.7 Å². The Morgan fingerprint density at radius 3 is 2.68 bits per heavy atom. The van der Waals surface area contributed by atoms with E-state index in [1.165, 1.54) is 0 Å². The van der Waals surface area contributed by atoms with Gasteiger partial charge in [-0.2, -0.15) is 0 Å². The number of pyridine rings is 1. The number of rotatable bonds is 7. The van der Waals surface area contributed by atoms with E-state index in [2.05, 4.69) is 20.9 Å². The van der Waals surface area contributed by atoms with Crippen LogP contribution < -0.4 is 16.0 Å². The Labute approximate surface area is 147 Å². The SMILES string of the molecule is CC(C)C(=O)NCCNc1cc(C(=O)NC2CC2)c2ccccc2n1. The molecule has 6 heteroatoms. The molecular weight excluding hydrogens is 316 g/mol. The zero-order valence-electron chi connectivity index (χ0n) is 14.6. The van der Waals surface area contributed by atoms with Gasteiger partial charge in [-0.1, -0.05) is 32.0 Å². The lowest BCUT2D eigenvalue weighted by molar-refractivity contribution is -0.123. The Morgan fingerprint density at radius 2 is 1.96 bits per heavy atom. The van der Waals surface area contributed by atoms with Crippen LogP contribution in [0.2, 0.25) is 0 Å². The van der Waals surface area contributed by atoms with Crippen LogP contribution in [0.1, 0.15) is 37.0 Å². The van der Waals surface area contributed by atoms with Crippen LogP contribution in [0.5, 0.6) is 0 Å². The highest BCUT2D eigenvalue weighted by Crippen LogP contribution is 2.23. The van der Waals surface area contributed by atoms with Crippen LogP contribution in [-0.4, -0.2) is 35.9 Å². The Morgan fingerprint density at radius 1 is 1.20 bits per heavy atom. The van der Waals surface area contributed by atoms with Gasteiger partial charge in [0.05, 0.1) is 11.1 Å². The average molecular weight is 340 g/mol. The lowest BCUT2D eigenvalue weighted by atomic mass is 10.1. The number of hydrogen-bond donors (Lipinski definition) is 3. The highest BCUT2D eigenvalue weighted by molar-refractivity contribution is 6.07. The number of aromatic nitrogens is 1. The number of para-hydroxylation sites is 1. The summed E-state index contributed by atoms with van der Waals surface area (Å²) in [5.74, 6) is 0.574. The van der Waals surface area contributed by atoms with E-state index in [0.29, 0.717) is 30.5 Å². The van der Waals surface area contributed by atoms with Gasteiger partial charge in [0.1, 0.15) is 5.82 Å². The summed E-state index contributed by atoms with van der Waals surface area (Å²) in [5.41, 5.74) is 1.41. The fraction of sp³-hybridized carbons (Fsp3) is 0.421. The Bertz CT molecular complexity index is 784. The maximum Gasteiger partial charge on any atom is 0.252 e. The fourth-order valence-corrected chi connectivity index (χ4v) is 2.53. The average Bonchev–Trinajstić information content (AvgIpc) is 3.41. The Balaban J connectivity index is 1.72. The molecule has 1 aromatic heterocycles. The van der Waals surface area contributed by atoms with E-state index >= 15 is 0 Å². The van der Waals surface area contributed by atoms with Crippen molar-refractivity contribution < 1.29 is 9.59 Å².